The molecule has 2 nitrogen and oxygen atoms in total. The van der Waals surface area contributed by atoms with Gasteiger partial charge in [0.15, 0.2) is 0 Å². The molecule has 1 heterocycles. The average Bonchev–Trinajstić information content (AvgIpc) is 2.38. The zero-order valence-electron chi connectivity index (χ0n) is 10.7. The van der Waals surface area contributed by atoms with E-state index >= 15 is 0 Å². The van der Waals surface area contributed by atoms with E-state index in [1.807, 2.05) is 0 Å². The third-order valence-corrected chi connectivity index (χ3v) is 3.56. The van der Waals surface area contributed by atoms with Crippen molar-refractivity contribution in [3.05, 3.63) is 35.4 Å². The molecular weight excluding hydrogens is 210 g/mol. The third kappa shape index (κ3) is 3.08. The lowest BCUT2D eigenvalue weighted by Gasteiger charge is -2.30. The SMILES string of the molecule is CCCCCC(N)C1OCCc2ccccc21. The highest BCUT2D eigenvalue weighted by molar-refractivity contribution is 5.31. The average molecular weight is 233 g/mol. The Kier molecular flexibility index (Phi) is 4.57. The van der Waals surface area contributed by atoms with E-state index in [1.54, 1.807) is 0 Å². The molecule has 1 aliphatic heterocycles. The summed E-state index contributed by atoms with van der Waals surface area (Å²) in [5.74, 6) is 0. The molecule has 0 aliphatic carbocycles. The fourth-order valence-electron chi connectivity index (χ4n) is 2.56. The molecule has 1 aromatic rings. The summed E-state index contributed by atoms with van der Waals surface area (Å²) in [5.41, 5.74) is 9.00. The fourth-order valence-corrected chi connectivity index (χ4v) is 2.56. The molecule has 2 atom stereocenters. The van der Waals surface area contributed by atoms with Gasteiger partial charge in [0.2, 0.25) is 0 Å². The molecule has 1 aromatic carbocycles. The van der Waals surface area contributed by atoms with Gasteiger partial charge in [-0.05, 0) is 24.0 Å². The highest BCUT2D eigenvalue weighted by atomic mass is 16.5. The van der Waals surface area contributed by atoms with Crippen LogP contribution in [0.1, 0.15) is 49.8 Å². The molecule has 94 valence electrons. The Hall–Kier alpha value is -0.860. The summed E-state index contributed by atoms with van der Waals surface area (Å²) in [5, 5.41) is 0. The van der Waals surface area contributed by atoms with Gasteiger partial charge in [-0.1, -0.05) is 50.5 Å². The lowest BCUT2D eigenvalue weighted by atomic mass is 9.91. The highest BCUT2D eigenvalue weighted by Crippen LogP contribution is 2.30. The van der Waals surface area contributed by atoms with Crippen LogP contribution in [-0.2, 0) is 11.2 Å². The summed E-state index contributed by atoms with van der Waals surface area (Å²) < 4.78 is 5.87. The summed E-state index contributed by atoms with van der Waals surface area (Å²) >= 11 is 0. The quantitative estimate of drug-likeness (QED) is 0.793. The minimum atomic E-state index is 0.108. The van der Waals surface area contributed by atoms with Crippen LogP contribution in [0.4, 0.5) is 0 Å². The van der Waals surface area contributed by atoms with E-state index in [9.17, 15) is 0 Å². The van der Waals surface area contributed by atoms with E-state index in [4.69, 9.17) is 10.5 Å². The van der Waals surface area contributed by atoms with Crippen LogP contribution in [-0.4, -0.2) is 12.6 Å². The predicted molar refractivity (Wildman–Crippen MR) is 71.0 cm³/mol. The Labute approximate surface area is 104 Å². The van der Waals surface area contributed by atoms with Crippen LogP contribution >= 0.6 is 0 Å². The van der Waals surface area contributed by atoms with Crippen molar-refractivity contribution in [3.63, 3.8) is 0 Å². The number of hydrogen-bond acceptors (Lipinski definition) is 2. The molecule has 0 saturated heterocycles. The Balaban J connectivity index is 2.02. The summed E-state index contributed by atoms with van der Waals surface area (Å²) in [6, 6.07) is 8.69. The van der Waals surface area contributed by atoms with E-state index in [-0.39, 0.29) is 12.1 Å². The number of hydrogen-bond donors (Lipinski definition) is 1. The monoisotopic (exact) mass is 233 g/mol. The largest absolute Gasteiger partial charge is 0.372 e. The van der Waals surface area contributed by atoms with Crippen LogP contribution in [0.3, 0.4) is 0 Å². The van der Waals surface area contributed by atoms with Crippen LogP contribution in [0.5, 0.6) is 0 Å². The van der Waals surface area contributed by atoms with Crippen LogP contribution in [0.15, 0.2) is 24.3 Å². The second-order valence-corrected chi connectivity index (χ2v) is 4.90. The molecule has 2 heteroatoms. The molecule has 0 radical (unpaired) electrons. The number of benzene rings is 1. The van der Waals surface area contributed by atoms with Gasteiger partial charge in [-0.3, -0.25) is 0 Å². The first kappa shape index (κ1) is 12.6. The van der Waals surface area contributed by atoms with Crippen molar-refractivity contribution < 1.29 is 4.74 Å². The molecule has 17 heavy (non-hydrogen) atoms. The molecule has 2 N–H and O–H groups in total. The highest BCUT2D eigenvalue weighted by Gasteiger charge is 2.25. The van der Waals surface area contributed by atoms with E-state index in [1.165, 1.54) is 30.4 Å². The lowest BCUT2D eigenvalue weighted by Crippen LogP contribution is -2.33. The van der Waals surface area contributed by atoms with Gasteiger partial charge >= 0.3 is 0 Å². The molecule has 0 aromatic heterocycles. The first-order valence-corrected chi connectivity index (χ1v) is 6.78. The number of rotatable bonds is 5. The van der Waals surface area contributed by atoms with E-state index in [0.717, 1.165) is 19.4 Å². The van der Waals surface area contributed by atoms with Crippen molar-refractivity contribution >= 4 is 0 Å². The smallest absolute Gasteiger partial charge is 0.0978 e. The van der Waals surface area contributed by atoms with Crippen molar-refractivity contribution in [1.29, 1.82) is 0 Å². The van der Waals surface area contributed by atoms with Crippen molar-refractivity contribution in [2.45, 2.75) is 51.2 Å². The second-order valence-electron chi connectivity index (χ2n) is 4.90. The first-order valence-electron chi connectivity index (χ1n) is 6.78. The van der Waals surface area contributed by atoms with Crippen LogP contribution in [0.25, 0.3) is 0 Å². The Bertz CT molecular complexity index is 351. The second kappa shape index (κ2) is 6.18. The zero-order valence-corrected chi connectivity index (χ0v) is 10.7. The standard InChI is InChI=1S/C15H23NO/c1-2-3-4-9-14(16)15-13-8-6-5-7-12(13)10-11-17-15/h5-8,14-15H,2-4,9-11,16H2,1H3. The van der Waals surface area contributed by atoms with Gasteiger partial charge < -0.3 is 10.5 Å². The third-order valence-electron chi connectivity index (χ3n) is 3.56. The summed E-state index contributed by atoms with van der Waals surface area (Å²) in [7, 11) is 0. The maximum absolute atomic E-state index is 6.28. The maximum atomic E-state index is 6.28. The van der Waals surface area contributed by atoms with Gasteiger partial charge in [0.1, 0.15) is 0 Å². The molecular formula is C15H23NO. The molecule has 2 unspecified atom stereocenters. The van der Waals surface area contributed by atoms with Gasteiger partial charge in [-0.2, -0.15) is 0 Å². The maximum Gasteiger partial charge on any atom is 0.0978 e. The molecule has 1 aliphatic rings. The summed E-state index contributed by atoms with van der Waals surface area (Å²) in [6.07, 6.45) is 5.91. The zero-order chi connectivity index (χ0) is 12.1. The number of ether oxygens (including phenoxy) is 1. The summed E-state index contributed by atoms with van der Waals surface area (Å²) in [4.78, 5) is 0. The molecule has 0 saturated carbocycles. The molecule has 2 rings (SSSR count). The van der Waals surface area contributed by atoms with Crippen molar-refractivity contribution in [3.8, 4) is 0 Å². The first-order chi connectivity index (χ1) is 8.33. The van der Waals surface area contributed by atoms with E-state index in [0.29, 0.717) is 0 Å². The van der Waals surface area contributed by atoms with Crippen LogP contribution in [0, 0.1) is 0 Å². The van der Waals surface area contributed by atoms with Crippen molar-refractivity contribution in [1.82, 2.24) is 0 Å². The minimum Gasteiger partial charge on any atom is -0.372 e. The summed E-state index contributed by atoms with van der Waals surface area (Å²) in [6.45, 7) is 3.03. The van der Waals surface area contributed by atoms with Crippen molar-refractivity contribution in [2.75, 3.05) is 6.61 Å². The van der Waals surface area contributed by atoms with Gasteiger partial charge in [0.05, 0.1) is 12.7 Å². The fraction of sp³-hybridized carbons (Fsp3) is 0.600. The van der Waals surface area contributed by atoms with Gasteiger partial charge in [0, 0.05) is 6.04 Å². The lowest BCUT2D eigenvalue weighted by molar-refractivity contribution is 0.0222. The number of nitrogens with two attached hydrogens (primary N) is 1. The van der Waals surface area contributed by atoms with Crippen LogP contribution < -0.4 is 5.73 Å². The topological polar surface area (TPSA) is 35.2 Å². The Morgan fingerprint density at radius 2 is 2.18 bits per heavy atom. The Morgan fingerprint density at radius 1 is 1.35 bits per heavy atom. The van der Waals surface area contributed by atoms with Gasteiger partial charge in [-0.25, -0.2) is 0 Å². The normalized spacial score (nSPS) is 20.9. The predicted octanol–water partition coefficient (Wildman–Crippen LogP) is 3.21. The van der Waals surface area contributed by atoms with Crippen LogP contribution in [0.2, 0.25) is 0 Å². The van der Waals surface area contributed by atoms with Crippen molar-refractivity contribution in [2.24, 2.45) is 5.73 Å². The van der Waals surface area contributed by atoms with E-state index in [2.05, 4.69) is 31.2 Å². The molecule has 0 amide bonds. The molecule has 0 fully saturated rings. The molecule has 0 bridgehead atoms. The number of unbranched alkanes of at least 4 members (excludes halogenated alkanes) is 2. The number of fused-ring (bicyclic) bond motifs is 1. The molecule has 0 spiro atoms. The van der Waals surface area contributed by atoms with Gasteiger partial charge in [0.25, 0.3) is 0 Å². The van der Waals surface area contributed by atoms with Gasteiger partial charge in [-0.15, -0.1) is 0 Å². The van der Waals surface area contributed by atoms with E-state index < -0.39 is 0 Å². The minimum absolute atomic E-state index is 0.108. The Morgan fingerprint density at radius 3 is 3.00 bits per heavy atom.